The van der Waals surface area contributed by atoms with Gasteiger partial charge in [-0.25, -0.2) is 4.79 Å². The number of ether oxygens (including phenoxy) is 1. The minimum Gasteiger partial charge on any atom is -0.497 e. The highest BCUT2D eigenvalue weighted by Crippen LogP contribution is 2.20. The van der Waals surface area contributed by atoms with Gasteiger partial charge in [0.25, 0.3) is 0 Å². The molecule has 0 saturated carbocycles. The third kappa shape index (κ3) is 4.61. The van der Waals surface area contributed by atoms with Gasteiger partial charge in [0.1, 0.15) is 11.8 Å². The Kier molecular flexibility index (Phi) is 5.84. The monoisotopic (exact) mass is 319 g/mol. The van der Waals surface area contributed by atoms with E-state index in [-0.39, 0.29) is 18.0 Å². The number of anilines is 1. The summed E-state index contributed by atoms with van der Waals surface area (Å²) in [6.45, 7) is 5.32. The van der Waals surface area contributed by atoms with Gasteiger partial charge in [-0.3, -0.25) is 4.79 Å². The van der Waals surface area contributed by atoms with Crippen molar-refractivity contribution in [3.8, 4) is 5.75 Å². The second-order valence-electron chi connectivity index (χ2n) is 6.15. The maximum atomic E-state index is 12.4. The van der Waals surface area contributed by atoms with E-state index in [0.29, 0.717) is 31.1 Å². The Balaban J connectivity index is 1.95. The van der Waals surface area contributed by atoms with Crippen LogP contribution < -0.4 is 15.4 Å². The molecule has 2 rings (SSSR count). The summed E-state index contributed by atoms with van der Waals surface area (Å²) in [5.74, 6) is 1.05. The number of urea groups is 1. The van der Waals surface area contributed by atoms with E-state index in [1.807, 2.05) is 13.8 Å². The number of hydrogen-bond acceptors (Lipinski definition) is 3. The second kappa shape index (κ2) is 7.85. The predicted octanol–water partition coefficient (Wildman–Crippen LogP) is 2.46. The number of methoxy groups -OCH3 is 1. The lowest BCUT2D eigenvalue weighted by atomic mass is 10.2. The van der Waals surface area contributed by atoms with E-state index in [4.69, 9.17) is 4.74 Å². The van der Waals surface area contributed by atoms with Gasteiger partial charge in [-0.05, 0) is 43.0 Å². The summed E-state index contributed by atoms with van der Waals surface area (Å²) in [5.41, 5.74) is 0.684. The SMILES string of the molecule is COc1ccc(NC(=O)N2CCCC2C(=O)NCC(C)C)cc1. The summed E-state index contributed by atoms with van der Waals surface area (Å²) in [5, 5.41) is 5.75. The van der Waals surface area contributed by atoms with Gasteiger partial charge < -0.3 is 20.3 Å². The smallest absolute Gasteiger partial charge is 0.322 e. The van der Waals surface area contributed by atoms with Crippen molar-refractivity contribution < 1.29 is 14.3 Å². The standard InChI is InChI=1S/C17H25N3O3/c1-12(2)11-18-16(21)15-5-4-10-20(15)17(22)19-13-6-8-14(23-3)9-7-13/h6-9,12,15H,4-5,10-11H2,1-3H3,(H,18,21)(H,19,22). The first-order chi connectivity index (χ1) is 11.0. The van der Waals surface area contributed by atoms with Crippen molar-refractivity contribution in [1.29, 1.82) is 0 Å². The summed E-state index contributed by atoms with van der Waals surface area (Å²) >= 11 is 0. The van der Waals surface area contributed by atoms with E-state index in [1.54, 1.807) is 36.3 Å². The molecule has 0 aliphatic carbocycles. The number of carbonyl (C=O) groups is 2. The zero-order valence-electron chi connectivity index (χ0n) is 14.0. The molecule has 23 heavy (non-hydrogen) atoms. The van der Waals surface area contributed by atoms with E-state index < -0.39 is 0 Å². The van der Waals surface area contributed by atoms with Crippen LogP contribution in [0, 0.1) is 5.92 Å². The summed E-state index contributed by atoms with van der Waals surface area (Å²) < 4.78 is 5.09. The fourth-order valence-electron chi connectivity index (χ4n) is 2.57. The van der Waals surface area contributed by atoms with Crippen LogP contribution in [0.5, 0.6) is 5.75 Å². The minimum absolute atomic E-state index is 0.0684. The van der Waals surface area contributed by atoms with Crippen molar-refractivity contribution in [2.45, 2.75) is 32.7 Å². The lowest BCUT2D eigenvalue weighted by Gasteiger charge is -2.24. The molecule has 0 bridgehead atoms. The van der Waals surface area contributed by atoms with Crippen LogP contribution in [-0.2, 0) is 4.79 Å². The van der Waals surface area contributed by atoms with Crippen molar-refractivity contribution >= 4 is 17.6 Å². The topological polar surface area (TPSA) is 70.7 Å². The van der Waals surface area contributed by atoms with Crippen molar-refractivity contribution in [3.05, 3.63) is 24.3 Å². The van der Waals surface area contributed by atoms with Crippen molar-refractivity contribution in [1.82, 2.24) is 10.2 Å². The predicted molar refractivity (Wildman–Crippen MR) is 89.6 cm³/mol. The first kappa shape index (κ1) is 17.1. The Hall–Kier alpha value is -2.24. The van der Waals surface area contributed by atoms with Crippen molar-refractivity contribution in [2.75, 3.05) is 25.5 Å². The Morgan fingerprint density at radius 2 is 2.00 bits per heavy atom. The number of rotatable bonds is 5. The number of nitrogens with zero attached hydrogens (tertiary/aromatic N) is 1. The highest BCUT2D eigenvalue weighted by atomic mass is 16.5. The molecule has 1 unspecified atom stereocenters. The highest BCUT2D eigenvalue weighted by molar-refractivity contribution is 5.94. The summed E-state index contributed by atoms with van der Waals surface area (Å²) in [6, 6.07) is 6.50. The molecule has 3 amide bonds. The Morgan fingerprint density at radius 1 is 1.30 bits per heavy atom. The van der Waals surface area contributed by atoms with Crippen LogP contribution in [0.2, 0.25) is 0 Å². The van der Waals surface area contributed by atoms with E-state index in [1.165, 1.54) is 0 Å². The number of hydrogen-bond donors (Lipinski definition) is 2. The van der Waals surface area contributed by atoms with Crippen LogP contribution in [0.1, 0.15) is 26.7 Å². The Morgan fingerprint density at radius 3 is 2.61 bits per heavy atom. The first-order valence-electron chi connectivity index (χ1n) is 8.00. The number of amides is 3. The minimum atomic E-state index is -0.382. The molecule has 6 heteroatoms. The fourth-order valence-corrected chi connectivity index (χ4v) is 2.57. The Bertz CT molecular complexity index is 543. The van der Waals surface area contributed by atoms with Gasteiger partial charge in [0.2, 0.25) is 5.91 Å². The van der Waals surface area contributed by atoms with E-state index in [9.17, 15) is 9.59 Å². The molecule has 0 radical (unpaired) electrons. The molecule has 0 aromatic heterocycles. The van der Waals surface area contributed by atoms with Crippen LogP contribution in [-0.4, -0.2) is 43.1 Å². The molecule has 1 aromatic rings. The molecule has 1 aliphatic heterocycles. The van der Waals surface area contributed by atoms with Gasteiger partial charge in [0, 0.05) is 18.8 Å². The van der Waals surface area contributed by atoms with Crippen molar-refractivity contribution in [2.24, 2.45) is 5.92 Å². The van der Waals surface area contributed by atoms with Gasteiger partial charge in [0.15, 0.2) is 0 Å². The average molecular weight is 319 g/mol. The molecule has 126 valence electrons. The third-order valence-corrected chi connectivity index (χ3v) is 3.84. The van der Waals surface area contributed by atoms with Gasteiger partial charge in [-0.15, -0.1) is 0 Å². The highest BCUT2D eigenvalue weighted by Gasteiger charge is 2.34. The zero-order valence-corrected chi connectivity index (χ0v) is 14.0. The lowest BCUT2D eigenvalue weighted by molar-refractivity contribution is -0.124. The van der Waals surface area contributed by atoms with Crippen LogP contribution in [0.3, 0.4) is 0 Å². The van der Waals surface area contributed by atoms with Crippen LogP contribution in [0.4, 0.5) is 10.5 Å². The zero-order chi connectivity index (χ0) is 16.8. The molecule has 1 aliphatic rings. The second-order valence-corrected chi connectivity index (χ2v) is 6.15. The first-order valence-corrected chi connectivity index (χ1v) is 8.00. The molecule has 1 heterocycles. The number of benzene rings is 1. The summed E-state index contributed by atoms with van der Waals surface area (Å²) in [4.78, 5) is 26.3. The molecule has 2 N–H and O–H groups in total. The van der Waals surface area contributed by atoms with E-state index in [0.717, 1.165) is 12.2 Å². The number of nitrogens with one attached hydrogen (secondary N) is 2. The number of likely N-dealkylation sites (tertiary alicyclic amines) is 1. The maximum absolute atomic E-state index is 12.4. The van der Waals surface area contributed by atoms with Crippen molar-refractivity contribution in [3.63, 3.8) is 0 Å². The van der Waals surface area contributed by atoms with Gasteiger partial charge in [-0.1, -0.05) is 13.8 Å². The maximum Gasteiger partial charge on any atom is 0.322 e. The molecule has 6 nitrogen and oxygen atoms in total. The van der Waals surface area contributed by atoms with Crippen LogP contribution >= 0.6 is 0 Å². The van der Waals surface area contributed by atoms with Gasteiger partial charge in [0.05, 0.1) is 7.11 Å². The van der Waals surface area contributed by atoms with E-state index >= 15 is 0 Å². The largest absolute Gasteiger partial charge is 0.497 e. The molecule has 1 atom stereocenters. The number of carbonyl (C=O) groups excluding carboxylic acids is 2. The lowest BCUT2D eigenvalue weighted by Crippen LogP contribution is -2.48. The quantitative estimate of drug-likeness (QED) is 0.876. The Labute approximate surface area is 137 Å². The van der Waals surface area contributed by atoms with Crippen LogP contribution in [0.15, 0.2) is 24.3 Å². The van der Waals surface area contributed by atoms with Gasteiger partial charge in [-0.2, -0.15) is 0 Å². The van der Waals surface area contributed by atoms with E-state index in [2.05, 4.69) is 10.6 Å². The normalized spacial score (nSPS) is 17.2. The van der Waals surface area contributed by atoms with Gasteiger partial charge >= 0.3 is 6.03 Å². The van der Waals surface area contributed by atoms with Crippen LogP contribution in [0.25, 0.3) is 0 Å². The molecular formula is C17H25N3O3. The molecule has 1 saturated heterocycles. The third-order valence-electron chi connectivity index (χ3n) is 3.84. The average Bonchev–Trinajstić information content (AvgIpc) is 3.03. The molecule has 1 aromatic carbocycles. The fraction of sp³-hybridized carbons (Fsp3) is 0.529. The summed E-state index contributed by atoms with van der Waals surface area (Å²) in [7, 11) is 1.60. The molecular weight excluding hydrogens is 294 g/mol. The summed E-state index contributed by atoms with van der Waals surface area (Å²) in [6.07, 6.45) is 1.55. The molecule has 1 fully saturated rings. The molecule has 0 spiro atoms.